The fourth-order valence-electron chi connectivity index (χ4n) is 6.01. The smallest absolute Gasteiger partial charge is 0.497 e. The van der Waals surface area contributed by atoms with Crippen LogP contribution in [0.1, 0.15) is 30.4 Å². The molecule has 0 aromatic heterocycles. The number of ether oxygens (including phenoxy) is 2. The van der Waals surface area contributed by atoms with E-state index in [1.807, 2.05) is 0 Å². The minimum absolute atomic E-state index is 0.0971. The van der Waals surface area contributed by atoms with Gasteiger partial charge in [0.05, 0.1) is 18.8 Å². The van der Waals surface area contributed by atoms with Crippen LogP contribution in [0.5, 0.6) is 11.5 Å². The van der Waals surface area contributed by atoms with Crippen molar-refractivity contribution < 1.29 is 40.7 Å². The highest BCUT2D eigenvalue weighted by atomic mass is 35.5. The number of hydrogen-bond donors (Lipinski definition) is 0. The SMILES string of the molecule is COc1ccc(S(=O)(=O)N2C(=O)C(c3ccccc3)(N3CCCC[C@H]3C(=O)N(C)C)c3cc(Cl)ccc32)c(OC(F)(F)F)c1. The zero-order valence-electron chi connectivity index (χ0n) is 24.0. The van der Waals surface area contributed by atoms with Crippen LogP contribution in [0.15, 0.2) is 71.6 Å². The Balaban J connectivity index is 1.81. The highest BCUT2D eigenvalue weighted by Crippen LogP contribution is 2.53. The van der Waals surface area contributed by atoms with Crippen molar-refractivity contribution in [1.29, 1.82) is 0 Å². The van der Waals surface area contributed by atoms with E-state index in [0.717, 1.165) is 18.2 Å². The molecule has 1 saturated heterocycles. The van der Waals surface area contributed by atoms with E-state index in [4.69, 9.17) is 16.3 Å². The number of sulfonamides is 1. The summed E-state index contributed by atoms with van der Waals surface area (Å²) in [6, 6.07) is 14.6. The van der Waals surface area contributed by atoms with E-state index in [-0.39, 0.29) is 34.5 Å². The van der Waals surface area contributed by atoms with Gasteiger partial charge in [0, 0.05) is 37.3 Å². The Kier molecular flexibility index (Phi) is 8.33. The van der Waals surface area contributed by atoms with E-state index >= 15 is 4.79 Å². The van der Waals surface area contributed by atoms with Crippen molar-refractivity contribution in [2.75, 3.05) is 32.1 Å². The largest absolute Gasteiger partial charge is 0.573 e. The van der Waals surface area contributed by atoms with Gasteiger partial charge >= 0.3 is 6.36 Å². The van der Waals surface area contributed by atoms with Crippen LogP contribution in [0, 0.1) is 0 Å². The molecule has 3 aromatic carbocycles. The predicted octanol–water partition coefficient (Wildman–Crippen LogP) is 5.17. The minimum atomic E-state index is -5.25. The van der Waals surface area contributed by atoms with E-state index < -0.39 is 44.5 Å². The Hall–Kier alpha value is -3.81. The second-order valence-corrected chi connectivity index (χ2v) is 12.8. The summed E-state index contributed by atoms with van der Waals surface area (Å²) < 4.78 is 78.8. The lowest BCUT2D eigenvalue weighted by Crippen LogP contribution is -2.62. The number of amides is 2. The van der Waals surface area contributed by atoms with Gasteiger partial charge in [-0.1, -0.05) is 48.4 Å². The monoisotopic (exact) mass is 651 g/mol. The summed E-state index contributed by atoms with van der Waals surface area (Å²) in [7, 11) is -0.695. The standard InChI is InChI=1S/C30H29ClF3N3O6S/c1-35(2)27(38)24-11-7-8-16-36(24)29(19-9-5-4-6-10-19)22-17-20(31)12-14-23(22)37(28(29)39)44(40,41)26-15-13-21(42-3)18-25(26)43-30(32,33)34/h4-6,9-10,12-15,17-18,24H,7-8,11,16H2,1-3H3/t24-,29?/m0/s1. The molecule has 2 aliphatic heterocycles. The molecule has 2 atom stereocenters. The third-order valence-electron chi connectivity index (χ3n) is 7.81. The number of likely N-dealkylation sites (N-methyl/N-ethyl adjacent to an activating group) is 1. The second-order valence-electron chi connectivity index (χ2n) is 10.6. The summed E-state index contributed by atoms with van der Waals surface area (Å²) in [5, 5.41) is 0.189. The number of nitrogens with zero attached hydrogens (tertiary/aromatic N) is 3. The normalized spacial score (nSPS) is 20.8. The van der Waals surface area contributed by atoms with Crippen LogP contribution in [0.3, 0.4) is 0 Å². The second kappa shape index (κ2) is 11.6. The molecule has 0 radical (unpaired) electrons. The number of halogens is 4. The van der Waals surface area contributed by atoms with Crippen LogP contribution >= 0.6 is 11.6 Å². The summed E-state index contributed by atoms with van der Waals surface area (Å²) in [6.07, 6.45) is -3.57. The van der Waals surface area contributed by atoms with Gasteiger partial charge in [-0.15, -0.1) is 13.2 Å². The average Bonchev–Trinajstić information content (AvgIpc) is 3.24. The van der Waals surface area contributed by atoms with E-state index in [1.54, 1.807) is 49.3 Å². The Morgan fingerprint density at radius 3 is 2.39 bits per heavy atom. The summed E-state index contributed by atoms with van der Waals surface area (Å²) in [4.78, 5) is 30.8. The molecule has 2 heterocycles. The van der Waals surface area contributed by atoms with Crippen molar-refractivity contribution in [2.24, 2.45) is 0 Å². The van der Waals surface area contributed by atoms with E-state index in [2.05, 4.69) is 4.74 Å². The van der Waals surface area contributed by atoms with Crippen LogP contribution in [0.25, 0.3) is 0 Å². The molecule has 234 valence electrons. The first-order chi connectivity index (χ1) is 20.7. The summed E-state index contributed by atoms with van der Waals surface area (Å²) in [5.41, 5.74) is -1.44. The minimum Gasteiger partial charge on any atom is -0.497 e. The number of piperidine rings is 1. The van der Waals surface area contributed by atoms with Gasteiger partial charge < -0.3 is 14.4 Å². The first kappa shape index (κ1) is 31.6. The van der Waals surface area contributed by atoms with Crippen LogP contribution in [-0.2, 0) is 25.2 Å². The number of hydrogen-bond acceptors (Lipinski definition) is 7. The first-order valence-electron chi connectivity index (χ1n) is 13.6. The molecular weight excluding hydrogens is 623 g/mol. The van der Waals surface area contributed by atoms with Crippen molar-refractivity contribution >= 4 is 39.1 Å². The van der Waals surface area contributed by atoms with Crippen molar-refractivity contribution in [3.05, 3.63) is 82.9 Å². The zero-order chi connectivity index (χ0) is 32.0. The van der Waals surface area contributed by atoms with Gasteiger partial charge in [-0.3, -0.25) is 14.5 Å². The lowest BCUT2D eigenvalue weighted by atomic mass is 9.79. The number of carbonyl (C=O) groups is 2. The van der Waals surface area contributed by atoms with Crippen molar-refractivity contribution in [3.63, 3.8) is 0 Å². The van der Waals surface area contributed by atoms with Gasteiger partial charge in [0.15, 0.2) is 11.3 Å². The van der Waals surface area contributed by atoms with Gasteiger partial charge in [-0.05, 0) is 48.7 Å². The van der Waals surface area contributed by atoms with Crippen molar-refractivity contribution in [1.82, 2.24) is 9.80 Å². The summed E-state index contributed by atoms with van der Waals surface area (Å²) in [6.45, 7) is 0.246. The fraction of sp³-hybridized carbons (Fsp3) is 0.333. The molecule has 1 fully saturated rings. The number of likely N-dealkylation sites (tertiary alicyclic amines) is 1. The van der Waals surface area contributed by atoms with Gasteiger partial charge in [-0.2, -0.15) is 0 Å². The maximum absolute atomic E-state index is 15.0. The van der Waals surface area contributed by atoms with Gasteiger partial charge in [0.25, 0.3) is 15.9 Å². The molecule has 0 N–H and O–H groups in total. The van der Waals surface area contributed by atoms with Gasteiger partial charge in [0.2, 0.25) is 5.91 Å². The number of methoxy groups -OCH3 is 1. The molecule has 14 heteroatoms. The third-order valence-corrected chi connectivity index (χ3v) is 9.78. The number of rotatable bonds is 7. The third kappa shape index (κ3) is 5.26. The summed E-state index contributed by atoms with van der Waals surface area (Å²) >= 11 is 6.45. The zero-order valence-corrected chi connectivity index (χ0v) is 25.5. The number of fused-ring (bicyclic) bond motifs is 1. The summed E-state index contributed by atoms with van der Waals surface area (Å²) in [5.74, 6) is -2.45. The molecule has 5 rings (SSSR count). The Bertz CT molecular complexity index is 1700. The molecular formula is C30H29ClF3N3O6S. The van der Waals surface area contributed by atoms with Crippen LogP contribution < -0.4 is 13.8 Å². The molecule has 44 heavy (non-hydrogen) atoms. The topological polar surface area (TPSA) is 96.5 Å². The highest BCUT2D eigenvalue weighted by molar-refractivity contribution is 7.93. The number of carbonyl (C=O) groups excluding carboxylic acids is 2. The number of anilines is 1. The molecule has 0 aliphatic carbocycles. The van der Waals surface area contributed by atoms with E-state index in [0.29, 0.717) is 29.1 Å². The van der Waals surface area contributed by atoms with Crippen LogP contribution in [0.2, 0.25) is 5.02 Å². The van der Waals surface area contributed by atoms with Crippen molar-refractivity contribution in [3.8, 4) is 11.5 Å². The highest BCUT2D eigenvalue weighted by Gasteiger charge is 2.61. The number of benzene rings is 3. The van der Waals surface area contributed by atoms with Crippen LogP contribution in [0.4, 0.5) is 18.9 Å². The van der Waals surface area contributed by atoms with E-state index in [9.17, 15) is 26.4 Å². The fourth-order valence-corrected chi connectivity index (χ4v) is 7.74. The van der Waals surface area contributed by atoms with Crippen LogP contribution in [-0.4, -0.2) is 70.2 Å². The molecule has 9 nitrogen and oxygen atoms in total. The maximum atomic E-state index is 15.0. The lowest BCUT2D eigenvalue weighted by molar-refractivity contribution is -0.275. The molecule has 1 unspecified atom stereocenters. The van der Waals surface area contributed by atoms with Gasteiger partial charge in [-0.25, -0.2) is 12.7 Å². The number of alkyl halides is 3. The molecule has 2 amide bonds. The molecule has 0 bridgehead atoms. The maximum Gasteiger partial charge on any atom is 0.573 e. The van der Waals surface area contributed by atoms with Crippen molar-refractivity contribution in [2.45, 2.75) is 42.1 Å². The Labute approximate surface area is 257 Å². The molecule has 0 saturated carbocycles. The molecule has 3 aromatic rings. The lowest BCUT2D eigenvalue weighted by Gasteiger charge is -2.47. The van der Waals surface area contributed by atoms with Gasteiger partial charge in [0.1, 0.15) is 10.6 Å². The first-order valence-corrected chi connectivity index (χ1v) is 15.4. The average molecular weight is 652 g/mol. The van der Waals surface area contributed by atoms with E-state index in [1.165, 1.54) is 30.2 Å². The quantitative estimate of drug-likeness (QED) is 0.348. The Morgan fingerprint density at radius 1 is 1.05 bits per heavy atom. The Morgan fingerprint density at radius 2 is 1.75 bits per heavy atom. The predicted molar refractivity (Wildman–Crippen MR) is 156 cm³/mol. The molecule has 2 aliphatic rings. The molecule has 0 spiro atoms.